The highest BCUT2D eigenvalue weighted by Gasteiger charge is 2.25. The van der Waals surface area contributed by atoms with Gasteiger partial charge < -0.3 is 9.84 Å². The second-order valence-electron chi connectivity index (χ2n) is 5.17. The van der Waals surface area contributed by atoms with Crippen molar-refractivity contribution in [2.75, 3.05) is 7.11 Å². The molecule has 1 fully saturated rings. The third-order valence-corrected chi connectivity index (χ3v) is 4.24. The second kappa shape index (κ2) is 5.83. The largest absolute Gasteiger partial charge is 0.495 e. The van der Waals surface area contributed by atoms with Crippen LogP contribution in [-0.4, -0.2) is 18.2 Å². The Hall–Kier alpha value is -1.22. The minimum atomic E-state index is -0.835. The lowest BCUT2D eigenvalue weighted by molar-refractivity contribution is -0.138. The van der Waals surface area contributed by atoms with Gasteiger partial charge in [0, 0.05) is 0 Å². The Balaban J connectivity index is 2.46. The number of hydrogen-bond acceptors (Lipinski definition) is 2. The molecule has 0 aliphatic heterocycles. The van der Waals surface area contributed by atoms with E-state index in [1.807, 2.05) is 6.07 Å². The SMILES string of the molecule is COc1c(Cl)cc(C(C)C(=O)O)cc1C1CCCC1. The molecule has 0 saturated heterocycles. The average molecular weight is 283 g/mol. The molecule has 1 aromatic carbocycles. The number of aliphatic carboxylic acids is 1. The van der Waals surface area contributed by atoms with Crippen LogP contribution in [0, 0.1) is 0 Å². The van der Waals surface area contributed by atoms with Crippen molar-refractivity contribution < 1.29 is 14.6 Å². The predicted octanol–water partition coefficient (Wildman–Crippen LogP) is 4.19. The van der Waals surface area contributed by atoms with Crippen molar-refractivity contribution in [3.8, 4) is 5.75 Å². The third kappa shape index (κ3) is 2.86. The Bertz CT molecular complexity index is 479. The first-order valence-electron chi connectivity index (χ1n) is 6.64. The van der Waals surface area contributed by atoms with Gasteiger partial charge in [-0.05, 0) is 42.9 Å². The lowest BCUT2D eigenvalue weighted by atomic mass is 9.91. The second-order valence-corrected chi connectivity index (χ2v) is 5.57. The molecule has 4 heteroatoms. The molecule has 1 N–H and O–H groups in total. The highest BCUT2D eigenvalue weighted by Crippen LogP contribution is 2.43. The molecule has 0 amide bonds. The molecule has 19 heavy (non-hydrogen) atoms. The molecule has 0 radical (unpaired) electrons. The van der Waals surface area contributed by atoms with Crippen molar-refractivity contribution in [2.45, 2.75) is 44.4 Å². The molecular weight excluding hydrogens is 264 g/mol. The van der Waals surface area contributed by atoms with Crippen molar-refractivity contribution in [1.29, 1.82) is 0 Å². The maximum Gasteiger partial charge on any atom is 0.310 e. The minimum Gasteiger partial charge on any atom is -0.495 e. The molecule has 1 atom stereocenters. The van der Waals surface area contributed by atoms with Crippen LogP contribution in [0.3, 0.4) is 0 Å². The molecule has 1 aromatic rings. The topological polar surface area (TPSA) is 46.5 Å². The number of carboxylic acids is 1. The van der Waals surface area contributed by atoms with Gasteiger partial charge in [0.2, 0.25) is 0 Å². The molecule has 0 heterocycles. The quantitative estimate of drug-likeness (QED) is 0.900. The number of halogens is 1. The molecule has 1 saturated carbocycles. The number of benzene rings is 1. The first kappa shape index (κ1) is 14.2. The van der Waals surface area contributed by atoms with Gasteiger partial charge in [0.15, 0.2) is 0 Å². The number of carboxylic acid groups (broad SMARTS) is 1. The Morgan fingerprint density at radius 3 is 2.58 bits per heavy atom. The summed E-state index contributed by atoms with van der Waals surface area (Å²) < 4.78 is 5.40. The van der Waals surface area contributed by atoms with Crippen LogP contribution in [0.1, 0.15) is 55.6 Å². The monoisotopic (exact) mass is 282 g/mol. The summed E-state index contributed by atoms with van der Waals surface area (Å²) in [5.74, 6) is -0.245. The molecule has 0 spiro atoms. The summed E-state index contributed by atoms with van der Waals surface area (Å²) in [4.78, 5) is 11.1. The van der Waals surface area contributed by atoms with Gasteiger partial charge >= 0.3 is 5.97 Å². The van der Waals surface area contributed by atoms with E-state index < -0.39 is 11.9 Å². The van der Waals surface area contributed by atoms with E-state index in [1.165, 1.54) is 12.8 Å². The molecule has 104 valence electrons. The zero-order chi connectivity index (χ0) is 14.0. The fraction of sp³-hybridized carbons (Fsp3) is 0.533. The van der Waals surface area contributed by atoms with Gasteiger partial charge in [0.1, 0.15) is 5.75 Å². The van der Waals surface area contributed by atoms with Crippen LogP contribution >= 0.6 is 11.6 Å². The standard InChI is InChI=1S/C15H19ClO3/c1-9(15(17)18)11-7-12(10-5-3-4-6-10)14(19-2)13(16)8-11/h7-10H,3-6H2,1-2H3,(H,17,18). The Morgan fingerprint density at radius 1 is 1.42 bits per heavy atom. The van der Waals surface area contributed by atoms with Gasteiger partial charge in [-0.15, -0.1) is 0 Å². The molecule has 0 aromatic heterocycles. The summed E-state index contributed by atoms with van der Waals surface area (Å²) in [6, 6.07) is 3.66. The summed E-state index contributed by atoms with van der Waals surface area (Å²) in [6.07, 6.45) is 4.67. The van der Waals surface area contributed by atoms with Crippen molar-refractivity contribution in [3.63, 3.8) is 0 Å². The zero-order valence-corrected chi connectivity index (χ0v) is 12.0. The van der Waals surface area contributed by atoms with Gasteiger partial charge in [-0.25, -0.2) is 0 Å². The summed E-state index contributed by atoms with van der Waals surface area (Å²) in [6.45, 7) is 1.68. The number of carbonyl (C=O) groups is 1. The predicted molar refractivity (Wildman–Crippen MR) is 75.3 cm³/mol. The summed E-state index contributed by atoms with van der Waals surface area (Å²) >= 11 is 6.24. The van der Waals surface area contributed by atoms with E-state index >= 15 is 0 Å². The van der Waals surface area contributed by atoms with Gasteiger partial charge in [-0.3, -0.25) is 4.79 Å². The van der Waals surface area contributed by atoms with Gasteiger partial charge in [-0.2, -0.15) is 0 Å². The number of rotatable bonds is 4. The maximum absolute atomic E-state index is 11.1. The molecule has 1 aliphatic rings. The minimum absolute atomic E-state index is 0.438. The van der Waals surface area contributed by atoms with E-state index in [1.54, 1.807) is 20.1 Å². The van der Waals surface area contributed by atoms with Crippen LogP contribution in [0.5, 0.6) is 5.75 Å². The smallest absolute Gasteiger partial charge is 0.310 e. The Labute approximate surface area is 118 Å². The maximum atomic E-state index is 11.1. The first-order chi connectivity index (χ1) is 9.04. The number of ether oxygens (including phenoxy) is 1. The average Bonchev–Trinajstić information content (AvgIpc) is 2.90. The third-order valence-electron chi connectivity index (χ3n) is 3.96. The Morgan fingerprint density at radius 2 is 2.05 bits per heavy atom. The van der Waals surface area contributed by atoms with Gasteiger partial charge in [0.05, 0.1) is 18.1 Å². The normalized spacial score (nSPS) is 17.4. The number of methoxy groups -OCH3 is 1. The number of hydrogen-bond donors (Lipinski definition) is 1. The molecule has 0 bridgehead atoms. The van der Waals surface area contributed by atoms with Crippen LogP contribution in [0.25, 0.3) is 0 Å². The lowest BCUT2D eigenvalue weighted by Crippen LogP contribution is -2.09. The van der Waals surface area contributed by atoms with Crippen molar-refractivity contribution in [3.05, 3.63) is 28.3 Å². The van der Waals surface area contributed by atoms with E-state index in [-0.39, 0.29) is 0 Å². The highest BCUT2D eigenvalue weighted by atomic mass is 35.5. The van der Waals surface area contributed by atoms with Crippen LogP contribution in [-0.2, 0) is 4.79 Å². The molecule has 2 rings (SSSR count). The van der Waals surface area contributed by atoms with E-state index in [2.05, 4.69) is 0 Å². The van der Waals surface area contributed by atoms with Crippen molar-refractivity contribution in [2.24, 2.45) is 0 Å². The molecule has 1 aliphatic carbocycles. The van der Waals surface area contributed by atoms with Crippen molar-refractivity contribution >= 4 is 17.6 Å². The van der Waals surface area contributed by atoms with Gasteiger partial charge in [-0.1, -0.05) is 30.5 Å². The molecule has 3 nitrogen and oxygen atoms in total. The van der Waals surface area contributed by atoms with Crippen LogP contribution in [0.15, 0.2) is 12.1 Å². The van der Waals surface area contributed by atoms with Gasteiger partial charge in [0.25, 0.3) is 0 Å². The lowest BCUT2D eigenvalue weighted by Gasteiger charge is -2.18. The highest BCUT2D eigenvalue weighted by molar-refractivity contribution is 6.32. The van der Waals surface area contributed by atoms with E-state index in [4.69, 9.17) is 21.4 Å². The molecule has 1 unspecified atom stereocenters. The van der Waals surface area contributed by atoms with Crippen LogP contribution in [0.4, 0.5) is 0 Å². The van der Waals surface area contributed by atoms with E-state index in [0.717, 1.165) is 24.0 Å². The van der Waals surface area contributed by atoms with Crippen LogP contribution in [0.2, 0.25) is 5.02 Å². The fourth-order valence-corrected chi connectivity index (χ4v) is 3.10. The Kier molecular flexibility index (Phi) is 4.35. The fourth-order valence-electron chi connectivity index (χ4n) is 2.78. The van der Waals surface area contributed by atoms with E-state index in [0.29, 0.717) is 16.7 Å². The summed E-state index contributed by atoms with van der Waals surface area (Å²) in [5.41, 5.74) is 1.82. The van der Waals surface area contributed by atoms with Crippen LogP contribution < -0.4 is 4.74 Å². The first-order valence-corrected chi connectivity index (χ1v) is 7.02. The van der Waals surface area contributed by atoms with E-state index in [9.17, 15) is 4.79 Å². The molecular formula is C15H19ClO3. The zero-order valence-electron chi connectivity index (χ0n) is 11.3. The van der Waals surface area contributed by atoms with Crippen molar-refractivity contribution in [1.82, 2.24) is 0 Å². The summed E-state index contributed by atoms with van der Waals surface area (Å²) in [7, 11) is 1.61. The summed E-state index contributed by atoms with van der Waals surface area (Å²) in [5, 5.41) is 9.64.